The van der Waals surface area contributed by atoms with Crippen molar-refractivity contribution in [2.24, 2.45) is 10.1 Å². The fourth-order valence-corrected chi connectivity index (χ4v) is 4.13. The van der Waals surface area contributed by atoms with E-state index >= 15 is 0 Å². The minimum atomic E-state index is 0.642. The molecule has 0 atom stereocenters. The summed E-state index contributed by atoms with van der Waals surface area (Å²) in [7, 11) is 0. The number of fused-ring (bicyclic) bond motifs is 1. The van der Waals surface area contributed by atoms with Crippen molar-refractivity contribution in [2.75, 3.05) is 37.8 Å². The van der Waals surface area contributed by atoms with E-state index in [2.05, 4.69) is 59.7 Å². The SMILES string of the molecule is CCOc1ccc(C2=Nc3ccc(C)cc3C(c3ccc(N4CCOCC4)cc3)=NN2)cc1. The first-order valence-electron chi connectivity index (χ1n) is 11.4. The summed E-state index contributed by atoms with van der Waals surface area (Å²) in [6, 6.07) is 22.8. The highest BCUT2D eigenvalue weighted by Gasteiger charge is 2.18. The van der Waals surface area contributed by atoms with Gasteiger partial charge in [-0.25, -0.2) is 4.99 Å². The van der Waals surface area contributed by atoms with E-state index in [0.29, 0.717) is 12.4 Å². The Bertz CT molecular complexity index is 1180. The van der Waals surface area contributed by atoms with Gasteiger partial charge < -0.3 is 14.4 Å². The van der Waals surface area contributed by atoms with Gasteiger partial charge in [0.15, 0.2) is 5.84 Å². The van der Waals surface area contributed by atoms with Crippen molar-refractivity contribution < 1.29 is 9.47 Å². The summed E-state index contributed by atoms with van der Waals surface area (Å²) in [5.74, 6) is 1.55. The molecule has 2 heterocycles. The van der Waals surface area contributed by atoms with Crippen molar-refractivity contribution in [1.29, 1.82) is 0 Å². The van der Waals surface area contributed by atoms with E-state index in [9.17, 15) is 0 Å². The fourth-order valence-electron chi connectivity index (χ4n) is 4.13. The largest absolute Gasteiger partial charge is 0.494 e. The van der Waals surface area contributed by atoms with Gasteiger partial charge in [-0.3, -0.25) is 5.43 Å². The van der Waals surface area contributed by atoms with Crippen LogP contribution >= 0.6 is 0 Å². The molecule has 0 unspecified atom stereocenters. The van der Waals surface area contributed by atoms with Crippen molar-refractivity contribution in [3.63, 3.8) is 0 Å². The van der Waals surface area contributed by atoms with Crippen molar-refractivity contribution in [3.8, 4) is 5.75 Å². The summed E-state index contributed by atoms with van der Waals surface area (Å²) in [5, 5.41) is 4.81. The number of anilines is 1. The minimum absolute atomic E-state index is 0.642. The van der Waals surface area contributed by atoms with Gasteiger partial charge in [-0.15, -0.1) is 0 Å². The molecule has 0 amide bonds. The van der Waals surface area contributed by atoms with Crippen LogP contribution in [0.3, 0.4) is 0 Å². The Kier molecular flexibility index (Phi) is 6.09. The molecule has 0 spiro atoms. The minimum Gasteiger partial charge on any atom is -0.494 e. The normalized spacial score (nSPS) is 15.6. The van der Waals surface area contributed by atoms with Gasteiger partial charge in [0.2, 0.25) is 0 Å². The number of hydrazone groups is 1. The van der Waals surface area contributed by atoms with Crippen LogP contribution in [0, 0.1) is 6.92 Å². The molecule has 5 rings (SSSR count). The van der Waals surface area contributed by atoms with Gasteiger partial charge in [-0.1, -0.05) is 23.8 Å². The maximum atomic E-state index is 5.57. The Morgan fingerprint density at radius 3 is 2.39 bits per heavy atom. The number of hydrogen-bond acceptors (Lipinski definition) is 6. The van der Waals surface area contributed by atoms with Gasteiger partial charge in [0, 0.05) is 35.5 Å². The lowest BCUT2D eigenvalue weighted by molar-refractivity contribution is 0.122. The third-order valence-corrected chi connectivity index (χ3v) is 5.87. The zero-order valence-electron chi connectivity index (χ0n) is 19.0. The van der Waals surface area contributed by atoms with Crippen LogP contribution in [-0.2, 0) is 4.74 Å². The second kappa shape index (κ2) is 9.46. The average Bonchev–Trinajstić information content (AvgIpc) is 3.05. The van der Waals surface area contributed by atoms with E-state index in [4.69, 9.17) is 19.6 Å². The van der Waals surface area contributed by atoms with Crippen LogP contribution in [0.25, 0.3) is 0 Å². The molecule has 3 aromatic carbocycles. The number of amidine groups is 1. The lowest BCUT2D eigenvalue weighted by Gasteiger charge is -2.29. The number of aryl methyl sites for hydroxylation is 1. The van der Waals surface area contributed by atoms with Crippen LogP contribution in [0.15, 0.2) is 76.8 Å². The van der Waals surface area contributed by atoms with E-state index in [-0.39, 0.29) is 0 Å². The summed E-state index contributed by atoms with van der Waals surface area (Å²) >= 11 is 0. The number of nitrogens with zero attached hydrogens (tertiary/aromatic N) is 3. The lowest BCUT2D eigenvalue weighted by Crippen LogP contribution is -2.36. The van der Waals surface area contributed by atoms with Crippen LogP contribution in [0.5, 0.6) is 5.75 Å². The van der Waals surface area contributed by atoms with Crippen LogP contribution in [0.1, 0.15) is 29.2 Å². The van der Waals surface area contributed by atoms with Crippen molar-refractivity contribution in [1.82, 2.24) is 5.43 Å². The monoisotopic (exact) mass is 440 g/mol. The highest BCUT2D eigenvalue weighted by molar-refractivity contribution is 6.18. The Labute approximate surface area is 194 Å². The molecule has 0 aromatic heterocycles. The lowest BCUT2D eigenvalue weighted by atomic mass is 9.98. The topological polar surface area (TPSA) is 58.5 Å². The average molecular weight is 441 g/mol. The Morgan fingerprint density at radius 1 is 0.939 bits per heavy atom. The van der Waals surface area contributed by atoms with Crippen LogP contribution in [0.2, 0.25) is 0 Å². The van der Waals surface area contributed by atoms with Crippen molar-refractivity contribution in [3.05, 3.63) is 89.0 Å². The number of benzene rings is 3. The summed E-state index contributed by atoms with van der Waals surface area (Å²) in [6.07, 6.45) is 0. The molecule has 6 heteroatoms. The second-order valence-corrected chi connectivity index (χ2v) is 8.16. The van der Waals surface area contributed by atoms with E-state index in [1.165, 1.54) is 11.3 Å². The number of ether oxygens (including phenoxy) is 2. The van der Waals surface area contributed by atoms with Crippen LogP contribution in [0.4, 0.5) is 11.4 Å². The maximum absolute atomic E-state index is 5.57. The molecular formula is C27H28N4O2. The summed E-state index contributed by atoms with van der Waals surface area (Å²) in [4.78, 5) is 7.27. The maximum Gasteiger partial charge on any atom is 0.154 e. The number of aliphatic imine (C=N–C) groups is 1. The molecule has 33 heavy (non-hydrogen) atoms. The Morgan fingerprint density at radius 2 is 1.67 bits per heavy atom. The zero-order valence-corrected chi connectivity index (χ0v) is 19.0. The Hall–Kier alpha value is -3.64. The number of nitrogens with one attached hydrogen (secondary N) is 1. The van der Waals surface area contributed by atoms with Gasteiger partial charge >= 0.3 is 0 Å². The highest BCUT2D eigenvalue weighted by atomic mass is 16.5. The smallest absolute Gasteiger partial charge is 0.154 e. The van der Waals surface area contributed by atoms with E-state index in [1.54, 1.807) is 0 Å². The summed E-state index contributed by atoms with van der Waals surface area (Å²) < 4.78 is 11.1. The molecular weight excluding hydrogens is 412 g/mol. The molecule has 3 aromatic rings. The molecule has 2 aliphatic rings. The molecule has 0 bridgehead atoms. The number of morpholine rings is 1. The van der Waals surface area contributed by atoms with E-state index in [0.717, 1.165) is 60.1 Å². The summed E-state index contributed by atoms with van der Waals surface area (Å²) in [6.45, 7) is 8.10. The van der Waals surface area contributed by atoms with Crippen molar-refractivity contribution >= 4 is 22.9 Å². The zero-order chi connectivity index (χ0) is 22.6. The highest BCUT2D eigenvalue weighted by Crippen LogP contribution is 2.28. The third-order valence-electron chi connectivity index (χ3n) is 5.87. The Balaban J connectivity index is 1.48. The second-order valence-electron chi connectivity index (χ2n) is 8.16. The standard InChI is InChI=1S/C27H28N4O2/c1-3-33-23-11-7-21(8-12-23)27-28-25-13-4-19(2)18-24(25)26(29-30-27)20-5-9-22(10-6-20)31-14-16-32-17-15-31/h4-13,18H,3,14-17H2,1-2H3,(H,28,30). The molecule has 0 aliphatic carbocycles. The third kappa shape index (κ3) is 4.61. The van der Waals surface area contributed by atoms with Gasteiger partial charge in [0.1, 0.15) is 5.75 Å². The predicted molar refractivity (Wildman–Crippen MR) is 133 cm³/mol. The molecule has 1 fully saturated rings. The van der Waals surface area contributed by atoms with Crippen molar-refractivity contribution in [2.45, 2.75) is 13.8 Å². The molecule has 1 saturated heterocycles. The molecule has 1 N–H and O–H groups in total. The first-order valence-corrected chi connectivity index (χ1v) is 11.4. The first-order chi connectivity index (χ1) is 16.2. The van der Waals surface area contributed by atoms with E-state index < -0.39 is 0 Å². The summed E-state index contributed by atoms with van der Waals surface area (Å²) in [5.41, 5.74) is 10.4. The first kappa shape index (κ1) is 21.2. The molecule has 0 saturated carbocycles. The van der Waals surface area contributed by atoms with Crippen LogP contribution in [-0.4, -0.2) is 44.5 Å². The quantitative estimate of drug-likeness (QED) is 0.627. The number of rotatable bonds is 5. The van der Waals surface area contributed by atoms with Gasteiger partial charge in [0.05, 0.1) is 31.2 Å². The van der Waals surface area contributed by atoms with E-state index in [1.807, 2.05) is 31.2 Å². The van der Waals surface area contributed by atoms with Gasteiger partial charge in [-0.05, 0) is 62.4 Å². The number of hydrogen-bond donors (Lipinski definition) is 1. The van der Waals surface area contributed by atoms with Gasteiger partial charge in [-0.2, -0.15) is 5.10 Å². The molecule has 0 radical (unpaired) electrons. The van der Waals surface area contributed by atoms with Gasteiger partial charge in [0.25, 0.3) is 0 Å². The molecule has 2 aliphatic heterocycles. The molecule has 6 nitrogen and oxygen atoms in total. The van der Waals surface area contributed by atoms with Crippen LogP contribution < -0.4 is 15.1 Å². The predicted octanol–water partition coefficient (Wildman–Crippen LogP) is 4.66. The molecule has 168 valence electrons. The fraction of sp³-hybridized carbons (Fsp3) is 0.259.